The number of methoxy groups -OCH3 is 1. The summed E-state index contributed by atoms with van der Waals surface area (Å²) in [5.41, 5.74) is 7.83. The van der Waals surface area contributed by atoms with Crippen molar-refractivity contribution >= 4 is 28.7 Å². The molecule has 0 aliphatic carbocycles. The van der Waals surface area contributed by atoms with Crippen molar-refractivity contribution in [3.05, 3.63) is 95.7 Å². The predicted octanol–water partition coefficient (Wildman–Crippen LogP) is 4.57. The summed E-state index contributed by atoms with van der Waals surface area (Å²) in [5, 5.41) is 8.39. The molecule has 0 saturated carbocycles. The number of amides is 1. The summed E-state index contributed by atoms with van der Waals surface area (Å²) in [6, 6.07) is 26.1. The molecule has 0 unspecified atom stereocenters. The minimum Gasteiger partial charge on any atom is -0.495 e. The minimum absolute atomic E-state index is 0.0897. The third-order valence-corrected chi connectivity index (χ3v) is 5.39. The van der Waals surface area contributed by atoms with Crippen LogP contribution in [0.5, 0.6) is 5.75 Å². The van der Waals surface area contributed by atoms with Gasteiger partial charge in [0.25, 0.3) is 5.91 Å². The van der Waals surface area contributed by atoms with Gasteiger partial charge in [-0.3, -0.25) is 4.79 Å². The van der Waals surface area contributed by atoms with E-state index in [-0.39, 0.29) is 12.5 Å². The first-order valence-electron chi connectivity index (χ1n) is 10.5. The van der Waals surface area contributed by atoms with Crippen LogP contribution in [0.3, 0.4) is 0 Å². The summed E-state index contributed by atoms with van der Waals surface area (Å²) >= 11 is 0. The molecule has 4 rings (SSSR count). The highest BCUT2D eigenvalue weighted by molar-refractivity contribution is 6.01. The number of fused-ring (bicyclic) bond motifs is 1. The predicted molar refractivity (Wildman–Crippen MR) is 129 cm³/mol. The molecule has 1 heterocycles. The zero-order valence-corrected chi connectivity index (χ0v) is 18.2. The van der Waals surface area contributed by atoms with E-state index < -0.39 is 0 Å². The van der Waals surface area contributed by atoms with Crippen molar-refractivity contribution in [1.82, 2.24) is 9.99 Å². The average molecular weight is 427 g/mol. The largest absolute Gasteiger partial charge is 0.495 e. The Morgan fingerprint density at radius 2 is 1.72 bits per heavy atom. The van der Waals surface area contributed by atoms with Crippen molar-refractivity contribution in [2.24, 2.45) is 5.10 Å². The van der Waals surface area contributed by atoms with Crippen LogP contribution in [0, 0.1) is 6.92 Å². The van der Waals surface area contributed by atoms with Crippen LogP contribution < -0.4 is 15.5 Å². The monoisotopic (exact) mass is 426 g/mol. The fourth-order valence-electron chi connectivity index (χ4n) is 3.76. The van der Waals surface area contributed by atoms with Gasteiger partial charge >= 0.3 is 0 Å². The van der Waals surface area contributed by atoms with Crippen molar-refractivity contribution in [3.8, 4) is 5.75 Å². The van der Waals surface area contributed by atoms with Gasteiger partial charge in [0.05, 0.1) is 25.6 Å². The van der Waals surface area contributed by atoms with Gasteiger partial charge in [0, 0.05) is 28.7 Å². The van der Waals surface area contributed by atoms with Gasteiger partial charge in [-0.05, 0) is 30.7 Å². The number of hydrogen-bond acceptors (Lipinski definition) is 4. The number of hydrazone groups is 1. The van der Waals surface area contributed by atoms with Crippen LogP contribution in [0.15, 0.2) is 84.0 Å². The van der Waals surface area contributed by atoms with Crippen LogP contribution in [0.2, 0.25) is 0 Å². The van der Waals surface area contributed by atoms with E-state index in [2.05, 4.69) is 51.6 Å². The molecule has 1 amide bonds. The van der Waals surface area contributed by atoms with E-state index in [1.807, 2.05) is 54.6 Å². The fourth-order valence-corrected chi connectivity index (χ4v) is 3.76. The van der Waals surface area contributed by atoms with Crippen LogP contribution in [0.4, 0.5) is 5.69 Å². The van der Waals surface area contributed by atoms with Crippen molar-refractivity contribution in [2.45, 2.75) is 13.5 Å². The Labute approximate surface area is 187 Å². The van der Waals surface area contributed by atoms with E-state index in [0.717, 1.165) is 34.4 Å². The smallest absolute Gasteiger partial charge is 0.259 e. The first kappa shape index (κ1) is 21.2. The standard InChI is InChI=1S/C26H26N4O2/c1-19-22(16-28-29-26(31)17-27-23-13-7-9-15-25(23)32-2)21-12-6-8-14-24(21)30(19)18-20-10-4-3-5-11-20/h3-16,27H,17-18H2,1-2H3,(H,29,31)/b28-16+. The molecule has 0 spiro atoms. The maximum atomic E-state index is 12.3. The molecule has 3 aromatic carbocycles. The van der Waals surface area contributed by atoms with Crippen LogP contribution in [-0.4, -0.2) is 30.3 Å². The molecular weight excluding hydrogens is 400 g/mol. The molecule has 0 bridgehead atoms. The van der Waals surface area contributed by atoms with E-state index in [4.69, 9.17) is 4.74 Å². The Morgan fingerprint density at radius 1 is 1.00 bits per heavy atom. The Hall–Kier alpha value is -4.06. The second-order valence-corrected chi connectivity index (χ2v) is 7.43. The van der Waals surface area contributed by atoms with Crippen molar-refractivity contribution in [2.75, 3.05) is 19.0 Å². The first-order chi connectivity index (χ1) is 15.7. The SMILES string of the molecule is COc1ccccc1NCC(=O)N/N=C/c1c(C)n(Cc2ccccc2)c2ccccc12. The molecule has 0 radical (unpaired) electrons. The quantitative estimate of drug-likeness (QED) is 0.320. The number of benzene rings is 3. The lowest BCUT2D eigenvalue weighted by atomic mass is 10.1. The first-order valence-corrected chi connectivity index (χ1v) is 10.5. The van der Waals surface area contributed by atoms with Crippen LogP contribution >= 0.6 is 0 Å². The molecule has 0 fully saturated rings. The summed E-state index contributed by atoms with van der Waals surface area (Å²) in [5.74, 6) is 0.448. The Kier molecular flexibility index (Phi) is 6.51. The number of nitrogens with zero attached hydrogens (tertiary/aromatic N) is 2. The number of ether oxygens (including phenoxy) is 1. The number of anilines is 1. The maximum absolute atomic E-state index is 12.3. The number of hydrogen-bond donors (Lipinski definition) is 2. The number of rotatable bonds is 8. The highest BCUT2D eigenvalue weighted by Crippen LogP contribution is 2.25. The molecule has 6 heteroatoms. The van der Waals surface area contributed by atoms with Crippen LogP contribution in [-0.2, 0) is 11.3 Å². The molecule has 32 heavy (non-hydrogen) atoms. The molecule has 0 aliphatic rings. The molecular formula is C26H26N4O2. The summed E-state index contributed by atoms with van der Waals surface area (Å²) in [7, 11) is 1.60. The molecule has 2 N–H and O–H groups in total. The number of nitrogens with one attached hydrogen (secondary N) is 2. The number of carbonyl (C=O) groups is 1. The van der Waals surface area contributed by atoms with E-state index in [9.17, 15) is 4.79 Å². The van der Waals surface area contributed by atoms with Gasteiger partial charge in [0.1, 0.15) is 5.75 Å². The van der Waals surface area contributed by atoms with E-state index in [1.54, 1.807) is 13.3 Å². The van der Waals surface area contributed by atoms with Gasteiger partial charge in [-0.2, -0.15) is 5.10 Å². The molecule has 0 aliphatic heterocycles. The van der Waals surface area contributed by atoms with Gasteiger partial charge in [-0.1, -0.05) is 60.7 Å². The normalized spacial score (nSPS) is 11.1. The lowest BCUT2D eigenvalue weighted by Crippen LogP contribution is -2.26. The van der Waals surface area contributed by atoms with Crippen molar-refractivity contribution in [3.63, 3.8) is 0 Å². The number of aromatic nitrogens is 1. The second kappa shape index (κ2) is 9.83. The Balaban J connectivity index is 1.48. The average Bonchev–Trinajstić information content (AvgIpc) is 3.09. The van der Waals surface area contributed by atoms with Gasteiger partial charge in [0.15, 0.2) is 0 Å². The Morgan fingerprint density at radius 3 is 2.53 bits per heavy atom. The maximum Gasteiger partial charge on any atom is 0.259 e. The van der Waals surface area contributed by atoms with Crippen LogP contribution in [0.1, 0.15) is 16.8 Å². The summed E-state index contributed by atoms with van der Waals surface area (Å²) < 4.78 is 7.56. The summed E-state index contributed by atoms with van der Waals surface area (Å²) in [4.78, 5) is 12.3. The Bertz CT molecular complexity index is 1250. The summed E-state index contributed by atoms with van der Waals surface area (Å²) in [6.45, 7) is 2.94. The fraction of sp³-hybridized carbons (Fsp3) is 0.154. The van der Waals surface area contributed by atoms with Gasteiger partial charge in [-0.15, -0.1) is 0 Å². The zero-order chi connectivity index (χ0) is 22.3. The molecule has 0 saturated heterocycles. The molecule has 4 aromatic rings. The second-order valence-electron chi connectivity index (χ2n) is 7.43. The minimum atomic E-state index is -0.238. The van der Waals surface area contributed by atoms with E-state index in [1.165, 1.54) is 5.56 Å². The highest BCUT2D eigenvalue weighted by Gasteiger charge is 2.13. The molecule has 1 aromatic heterocycles. The lowest BCUT2D eigenvalue weighted by molar-refractivity contribution is -0.119. The third kappa shape index (κ3) is 4.64. The topological polar surface area (TPSA) is 67.7 Å². The third-order valence-electron chi connectivity index (χ3n) is 5.39. The number of carbonyl (C=O) groups excluding carboxylic acids is 1. The van der Waals surface area contributed by atoms with Crippen molar-refractivity contribution < 1.29 is 9.53 Å². The summed E-state index contributed by atoms with van der Waals surface area (Å²) in [6.07, 6.45) is 1.72. The van der Waals surface area contributed by atoms with Gasteiger partial charge in [-0.25, -0.2) is 5.43 Å². The van der Waals surface area contributed by atoms with E-state index >= 15 is 0 Å². The molecule has 162 valence electrons. The molecule has 0 atom stereocenters. The highest BCUT2D eigenvalue weighted by atomic mass is 16.5. The van der Waals surface area contributed by atoms with Gasteiger partial charge in [0.2, 0.25) is 0 Å². The van der Waals surface area contributed by atoms with Crippen LogP contribution in [0.25, 0.3) is 10.9 Å². The van der Waals surface area contributed by atoms with Gasteiger partial charge < -0.3 is 14.6 Å². The number of para-hydroxylation sites is 3. The van der Waals surface area contributed by atoms with Crippen molar-refractivity contribution in [1.29, 1.82) is 0 Å². The zero-order valence-electron chi connectivity index (χ0n) is 18.2. The molecule has 6 nitrogen and oxygen atoms in total. The lowest BCUT2D eigenvalue weighted by Gasteiger charge is -2.09. The van der Waals surface area contributed by atoms with E-state index in [0.29, 0.717) is 5.75 Å².